The summed E-state index contributed by atoms with van der Waals surface area (Å²) in [5.41, 5.74) is 1.48. The molecular formula is C38H62O9. The summed E-state index contributed by atoms with van der Waals surface area (Å²) in [5.74, 6) is 2.41. The fraction of sp³-hybridized carbons (Fsp3) is 0.921. The minimum atomic E-state index is -1.44. The Morgan fingerprint density at radius 1 is 0.851 bits per heavy atom. The van der Waals surface area contributed by atoms with Gasteiger partial charge in [-0.3, -0.25) is 0 Å². The number of hydrogen-bond donors (Lipinski definition) is 4. The highest BCUT2D eigenvalue weighted by molar-refractivity contribution is 5.59. The molecule has 6 fully saturated rings. The molecule has 0 amide bonds. The summed E-state index contributed by atoms with van der Waals surface area (Å²) in [7, 11) is 1.38. The monoisotopic (exact) mass is 662 g/mol. The predicted molar refractivity (Wildman–Crippen MR) is 176 cm³/mol. The van der Waals surface area contributed by atoms with Gasteiger partial charge < -0.3 is 39.4 Å². The fourth-order valence-electron chi connectivity index (χ4n) is 13.4. The standard InChI is InChI=1S/C38H62O9/c1-21(2)22-11-16-38(20-45-33(43)44-8)18-17-36(6)23(28(22)38)9-10-26-35(5)14-13-27(34(3,4)25(35)12-15-37(26,36)7)47-32-31(42)30(41)29(40)24(19-39)46-32/h22-32,39-42H,1,9-20H2,2-8H3/t22-,23?,24?,25?,26?,27-,28?,29?,30?,31?,32?,35-,36+,37+,38+/m0/s1. The van der Waals surface area contributed by atoms with Crippen LogP contribution >= 0.6 is 0 Å². The van der Waals surface area contributed by atoms with E-state index in [0.717, 1.165) is 51.4 Å². The van der Waals surface area contributed by atoms with Crippen LogP contribution in [0.1, 0.15) is 106 Å². The molecule has 6 aliphatic rings. The van der Waals surface area contributed by atoms with E-state index in [2.05, 4.69) is 48.1 Å². The third-order valence-corrected chi connectivity index (χ3v) is 16.0. The Morgan fingerprint density at radius 2 is 1.57 bits per heavy atom. The molecule has 1 heterocycles. The van der Waals surface area contributed by atoms with E-state index in [0.29, 0.717) is 36.2 Å². The summed E-state index contributed by atoms with van der Waals surface area (Å²) < 4.78 is 22.9. The van der Waals surface area contributed by atoms with E-state index in [9.17, 15) is 25.2 Å². The number of carbonyl (C=O) groups is 1. The molecule has 1 aliphatic heterocycles. The van der Waals surface area contributed by atoms with E-state index in [1.807, 2.05) is 0 Å². The molecule has 268 valence electrons. The summed E-state index contributed by atoms with van der Waals surface area (Å²) in [6.45, 7) is 19.0. The van der Waals surface area contributed by atoms with Crippen molar-refractivity contribution in [1.29, 1.82) is 0 Å². The molecule has 47 heavy (non-hydrogen) atoms. The van der Waals surface area contributed by atoms with Crippen molar-refractivity contribution in [3.8, 4) is 0 Å². The van der Waals surface area contributed by atoms with Crippen LogP contribution in [0.25, 0.3) is 0 Å². The number of hydrogen-bond acceptors (Lipinski definition) is 9. The van der Waals surface area contributed by atoms with Crippen molar-refractivity contribution >= 4 is 6.16 Å². The highest BCUT2D eigenvalue weighted by Crippen LogP contribution is 2.77. The average molecular weight is 663 g/mol. The van der Waals surface area contributed by atoms with Gasteiger partial charge in [0.1, 0.15) is 31.0 Å². The molecule has 1 saturated heterocycles. The summed E-state index contributed by atoms with van der Waals surface area (Å²) in [5, 5.41) is 41.2. The molecule has 15 atom stereocenters. The van der Waals surface area contributed by atoms with Crippen LogP contribution in [0.5, 0.6) is 0 Å². The van der Waals surface area contributed by atoms with Gasteiger partial charge >= 0.3 is 6.16 Å². The molecular weight excluding hydrogens is 600 g/mol. The van der Waals surface area contributed by atoms with Crippen LogP contribution < -0.4 is 0 Å². The molecule has 9 heteroatoms. The van der Waals surface area contributed by atoms with E-state index in [1.165, 1.54) is 25.5 Å². The lowest BCUT2D eigenvalue weighted by molar-refractivity contribution is -0.332. The summed E-state index contributed by atoms with van der Waals surface area (Å²) in [4.78, 5) is 12.1. The lowest BCUT2D eigenvalue weighted by Gasteiger charge is -2.73. The number of rotatable bonds is 6. The number of fused-ring (bicyclic) bond motifs is 7. The zero-order valence-electron chi connectivity index (χ0n) is 29.9. The van der Waals surface area contributed by atoms with Crippen LogP contribution in [0.3, 0.4) is 0 Å². The Bertz CT molecular complexity index is 1200. The summed E-state index contributed by atoms with van der Waals surface area (Å²) in [6, 6.07) is 0. The van der Waals surface area contributed by atoms with Gasteiger partial charge in [0.05, 0.1) is 19.8 Å². The fourth-order valence-corrected chi connectivity index (χ4v) is 13.4. The Balaban J connectivity index is 1.25. The Labute approximate surface area is 281 Å². The zero-order chi connectivity index (χ0) is 34.3. The Kier molecular flexibility index (Phi) is 9.26. The smallest absolute Gasteiger partial charge is 0.438 e. The lowest BCUT2D eigenvalue weighted by atomic mass is 9.32. The highest BCUT2D eigenvalue weighted by Gasteiger charge is 2.71. The minimum Gasteiger partial charge on any atom is -0.438 e. The van der Waals surface area contributed by atoms with E-state index < -0.39 is 43.5 Å². The molecule has 6 rings (SSSR count). The second-order valence-corrected chi connectivity index (χ2v) is 18.0. The largest absolute Gasteiger partial charge is 0.507 e. The SMILES string of the molecule is C=C(C)[C@@H]1CC[C@]2(COC(=O)OC)CC[C@]3(C)C(CCC4[C@@]5(C)CC[C@H](OC6OC(CO)C(O)C(O)C6O)C(C)(C)C5CC[C@]43C)C12. The number of methoxy groups -OCH3 is 1. The number of aliphatic hydroxyl groups excluding tert-OH is 4. The third kappa shape index (κ3) is 5.18. The van der Waals surface area contributed by atoms with Crippen molar-refractivity contribution in [2.24, 2.45) is 56.7 Å². The third-order valence-electron chi connectivity index (χ3n) is 16.0. The molecule has 0 spiro atoms. The van der Waals surface area contributed by atoms with Gasteiger partial charge in [0, 0.05) is 5.41 Å². The van der Waals surface area contributed by atoms with Crippen LogP contribution in [-0.2, 0) is 18.9 Å². The van der Waals surface area contributed by atoms with Crippen LogP contribution in [-0.4, -0.2) is 83.7 Å². The summed E-state index contributed by atoms with van der Waals surface area (Å²) in [6.07, 6.45) is 3.73. The first kappa shape index (κ1) is 35.6. The average Bonchev–Trinajstić information content (AvgIpc) is 3.42. The number of aliphatic hydroxyl groups is 4. The van der Waals surface area contributed by atoms with Gasteiger partial charge in [-0.05, 0) is 122 Å². The molecule has 9 nitrogen and oxygen atoms in total. The maximum Gasteiger partial charge on any atom is 0.507 e. The van der Waals surface area contributed by atoms with Gasteiger partial charge in [-0.15, -0.1) is 0 Å². The Morgan fingerprint density at radius 3 is 2.23 bits per heavy atom. The van der Waals surface area contributed by atoms with Crippen molar-refractivity contribution in [1.82, 2.24) is 0 Å². The molecule has 0 radical (unpaired) electrons. The van der Waals surface area contributed by atoms with Crippen LogP contribution in [0, 0.1) is 56.7 Å². The minimum absolute atomic E-state index is 0.0198. The molecule has 0 aromatic carbocycles. The van der Waals surface area contributed by atoms with Gasteiger partial charge in [-0.1, -0.05) is 46.8 Å². The first-order valence-electron chi connectivity index (χ1n) is 18.3. The van der Waals surface area contributed by atoms with Gasteiger partial charge in [0.15, 0.2) is 6.29 Å². The number of carbonyl (C=O) groups excluding carboxylic acids is 1. The number of allylic oxidation sites excluding steroid dienone is 1. The number of ether oxygens (including phenoxy) is 4. The van der Waals surface area contributed by atoms with Crippen LogP contribution in [0.4, 0.5) is 4.79 Å². The molecule has 5 saturated carbocycles. The normalized spacial score (nSPS) is 51.9. The van der Waals surface area contributed by atoms with E-state index in [-0.39, 0.29) is 33.2 Å². The first-order valence-corrected chi connectivity index (χ1v) is 18.3. The maximum absolute atomic E-state index is 12.1. The van der Waals surface area contributed by atoms with Gasteiger partial charge in [0.2, 0.25) is 0 Å². The van der Waals surface area contributed by atoms with Crippen molar-refractivity contribution in [3.05, 3.63) is 12.2 Å². The molecule has 0 aromatic heterocycles. The van der Waals surface area contributed by atoms with Gasteiger partial charge in [-0.25, -0.2) is 4.79 Å². The molecule has 0 aromatic rings. The lowest BCUT2D eigenvalue weighted by Crippen LogP contribution is -2.67. The van der Waals surface area contributed by atoms with Crippen molar-refractivity contribution in [3.63, 3.8) is 0 Å². The molecule has 9 unspecified atom stereocenters. The molecule has 4 N–H and O–H groups in total. The second-order valence-electron chi connectivity index (χ2n) is 18.0. The Hall–Kier alpha value is -1.23. The van der Waals surface area contributed by atoms with Crippen molar-refractivity contribution < 1.29 is 44.2 Å². The van der Waals surface area contributed by atoms with Crippen LogP contribution in [0.2, 0.25) is 0 Å². The first-order chi connectivity index (χ1) is 22.0. The van der Waals surface area contributed by atoms with E-state index >= 15 is 0 Å². The summed E-state index contributed by atoms with van der Waals surface area (Å²) >= 11 is 0. The van der Waals surface area contributed by atoms with E-state index in [1.54, 1.807) is 0 Å². The molecule has 0 bridgehead atoms. The topological polar surface area (TPSA) is 135 Å². The molecule has 5 aliphatic carbocycles. The zero-order valence-corrected chi connectivity index (χ0v) is 29.9. The van der Waals surface area contributed by atoms with Gasteiger partial charge in [-0.2, -0.15) is 0 Å². The second kappa shape index (κ2) is 12.2. The highest BCUT2D eigenvalue weighted by atomic mass is 16.7. The quantitative estimate of drug-likeness (QED) is 0.163. The van der Waals surface area contributed by atoms with Crippen LogP contribution in [0.15, 0.2) is 12.2 Å². The van der Waals surface area contributed by atoms with E-state index in [4.69, 9.17) is 18.9 Å². The van der Waals surface area contributed by atoms with Crippen molar-refractivity contribution in [2.75, 3.05) is 20.3 Å². The van der Waals surface area contributed by atoms with Gasteiger partial charge in [0.25, 0.3) is 0 Å². The maximum atomic E-state index is 12.1. The predicted octanol–water partition coefficient (Wildman–Crippen LogP) is 5.61. The van der Waals surface area contributed by atoms with Crippen molar-refractivity contribution in [2.45, 2.75) is 143 Å².